The predicted molar refractivity (Wildman–Crippen MR) is 102 cm³/mol. The maximum absolute atomic E-state index is 12.3. The Morgan fingerprint density at radius 2 is 1.92 bits per heavy atom. The van der Waals surface area contributed by atoms with Gasteiger partial charge in [0.05, 0.1) is 0 Å². The molecule has 0 spiro atoms. The van der Waals surface area contributed by atoms with Gasteiger partial charge in [-0.25, -0.2) is 4.98 Å². The number of thiazole rings is 1. The van der Waals surface area contributed by atoms with E-state index in [9.17, 15) is 4.79 Å². The second kappa shape index (κ2) is 7.77. The van der Waals surface area contributed by atoms with E-state index in [0.29, 0.717) is 12.3 Å². The molecular formula is C20H18N2O2S. The summed E-state index contributed by atoms with van der Waals surface area (Å²) in [5.74, 6) is 0.565. The van der Waals surface area contributed by atoms with Crippen molar-refractivity contribution in [2.75, 3.05) is 11.9 Å². The predicted octanol–water partition coefficient (Wildman–Crippen LogP) is 4.94. The molecule has 126 valence electrons. The Balaban J connectivity index is 1.69. The zero-order valence-corrected chi connectivity index (χ0v) is 14.7. The third-order valence-electron chi connectivity index (χ3n) is 3.52. The van der Waals surface area contributed by atoms with Crippen molar-refractivity contribution in [3.63, 3.8) is 0 Å². The Labute approximate surface area is 150 Å². The molecule has 1 amide bonds. The number of carbonyl (C=O) groups excluding carboxylic acids is 1. The Morgan fingerprint density at radius 1 is 1.20 bits per heavy atom. The third kappa shape index (κ3) is 4.33. The standard InChI is InChI=1S/C20H18N2O2S/c1-3-12-24-17-10-6-15(7-11-17)20-22-18(13-25-20)19(23)21-16-8-4-14(2)5-9-16/h3-11,13H,1,12H2,2H3,(H,21,23). The highest BCUT2D eigenvalue weighted by Crippen LogP contribution is 2.26. The minimum Gasteiger partial charge on any atom is -0.490 e. The minimum atomic E-state index is -0.211. The van der Waals surface area contributed by atoms with E-state index in [4.69, 9.17) is 4.74 Å². The molecule has 2 aromatic carbocycles. The summed E-state index contributed by atoms with van der Waals surface area (Å²) in [6.45, 7) is 6.10. The normalized spacial score (nSPS) is 10.3. The minimum absolute atomic E-state index is 0.211. The number of rotatable bonds is 6. The van der Waals surface area contributed by atoms with Gasteiger partial charge in [0.2, 0.25) is 0 Å². The van der Waals surface area contributed by atoms with E-state index >= 15 is 0 Å². The molecule has 1 N–H and O–H groups in total. The van der Waals surface area contributed by atoms with Crippen LogP contribution in [0.25, 0.3) is 10.6 Å². The van der Waals surface area contributed by atoms with Gasteiger partial charge in [-0.05, 0) is 43.3 Å². The van der Waals surface area contributed by atoms with Crippen LogP contribution in [0.15, 0.2) is 66.6 Å². The van der Waals surface area contributed by atoms with E-state index in [2.05, 4.69) is 16.9 Å². The summed E-state index contributed by atoms with van der Waals surface area (Å²) >= 11 is 1.44. The number of ether oxygens (including phenoxy) is 1. The molecule has 0 fully saturated rings. The Bertz CT molecular complexity index is 867. The maximum Gasteiger partial charge on any atom is 0.275 e. The van der Waals surface area contributed by atoms with E-state index in [0.717, 1.165) is 27.6 Å². The largest absolute Gasteiger partial charge is 0.490 e. The van der Waals surface area contributed by atoms with Crippen LogP contribution >= 0.6 is 11.3 Å². The first-order valence-corrected chi connectivity index (χ1v) is 8.71. The third-order valence-corrected chi connectivity index (χ3v) is 4.41. The lowest BCUT2D eigenvalue weighted by molar-refractivity contribution is 0.102. The van der Waals surface area contributed by atoms with Gasteiger partial charge in [-0.2, -0.15) is 0 Å². The summed E-state index contributed by atoms with van der Waals surface area (Å²) in [6.07, 6.45) is 1.70. The van der Waals surface area contributed by atoms with Crippen LogP contribution in [0.4, 0.5) is 5.69 Å². The molecule has 0 atom stereocenters. The molecule has 5 heteroatoms. The molecule has 0 unspecified atom stereocenters. The number of carbonyl (C=O) groups is 1. The fourth-order valence-corrected chi connectivity index (χ4v) is 3.00. The van der Waals surface area contributed by atoms with Gasteiger partial charge < -0.3 is 10.1 Å². The van der Waals surface area contributed by atoms with Gasteiger partial charge in [0.15, 0.2) is 0 Å². The first-order chi connectivity index (χ1) is 12.2. The molecule has 3 aromatic rings. The smallest absolute Gasteiger partial charge is 0.275 e. The lowest BCUT2D eigenvalue weighted by Crippen LogP contribution is -2.12. The van der Waals surface area contributed by atoms with Crippen LogP contribution < -0.4 is 10.1 Å². The summed E-state index contributed by atoms with van der Waals surface area (Å²) < 4.78 is 5.47. The van der Waals surface area contributed by atoms with Gasteiger partial charge >= 0.3 is 0 Å². The number of hydrogen-bond donors (Lipinski definition) is 1. The van der Waals surface area contributed by atoms with Crippen LogP contribution in [0.3, 0.4) is 0 Å². The lowest BCUT2D eigenvalue weighted by atomic mass is 10.2. The van der Waals surface area contributed by atoms with E-state index in [-0.39, 0.29) is 5.91 Å². The maximum atomic E-state index is 12.3. The van der Waals surface area contributed by atoms with Crippen molar-refractivity contribution in [2.24, 2.45) is 0 Å². The molecule has 4 nitrogen and oxygen atoms in total. The van der Waals surface area contributed by atoms with E-state index < -0.39 is 0 Å². The van der Waals surface area contributed by atoms with Crippen molar-refractivity contribution in [3.05, 3.63) is 77.8 Å². The number of aromatic nitrogens is 1. The van der Waals surface area contributed by atoms with Gasteiger partial charge in [0.25, 0.3) is 5.91 Å². The van der Waals surface area contributed by atoms with Crippen LogP contribution in [-0.4, -0.2) is 17.5 Å². The average molecular weight is 350 g/mol. The quantitative estimate of drug-likeness (QED) is 0.641. The topological polar surface area (TPSA) is 51.2 Å². The summed E-state index contributed by atoms with van der Waals surface area (Å²) in [7, 11) is 0. The zero-order valence-electron chi connectivity index (χ0n) is 13.9. The molecule has 0 saturated carbocycles. The molecular weight excluding hydrogens is 332 g/mol. The summed E-state index contributed by atoms with van der Waals surface area (Å²) in [5.41, 5.74) is 3.27. The van der Waals surface area contributed by atoms with Crippen molar-refractivity contribution >= 4 is 22.9 Å². The fraction of sp³-hybridized carbons (Fsp3) is 0.100. The highest BCUT2D eigenvalue weighted by Gasteiger charge is 2.12. The summed E-state index contributed by atoms with van der Waals surface area (Å²) in [5, 5.41) is 5.42. The second-order valence-electron chi connectivity index (χ2n) is 5.48. The molecule has 1 aromatic heterocycles. The van der Waals surface area contributed by atoms with Crippen molar-refractivity contribution in [1.29, 1.82) is 0 Å². The van der Waals surface area contributed by atoms with Crippen LogP contribution in [-0.2, 0) is 0 Å². The second-order valence-corrected chi connectivity index (χ2v) is 6.34. The number of nitrogens with zero attached hydrogens (tertiary/aromatic N) is 1. The van der Waals surface area contributed by atoms with Crippen LogP contribution in [0.5, 0.6) is 5.75 Å². The van der Waals surface area contributed by atoms with Crippen molar-refractivity contribution < 1.29 is 9.53 Å². The van der Waals surface area contributed by atoms with Crippen molar-refractivity contribution in [1.82, 2.24) is 4.98 Å². The zero-order chi connectivity index (χ0) is 17.6. The highest BCUT2D eigenvalue weighted by molar-refractivity contribution is 7.13. The number of nitrogens with one attached hydrogen (secondary N) is 1. The van der Waals surface area contributed by atoms with Gasteiger partial charge in [0.1, 0.15) is 23.1 Å². The molecule has 0 radical (unpaired) electrons. The molecule has 0 aliphatic carbocycles. The first-order valence-electron chi connectivity index (χ1n) is 7.83. The van der Waals surface area contributed by atoms with Crippen LogP contribution in [0, 0.1) is 6.92 Å². The number of benzene rings is 2. The number of amides is 1. The van der Waals surface area contributed by atoms with Gasteiger partial charge in [-0.3, -0.25) is 4.79 Å². The van der Waals surface area contributed by atoms with Crippen molar-refractivity contribution in [3.8, 4) is 16.3 Å². The van der Waals surface area contributed by atoms with Gasteiger partial charge in [-0.15, -0.1) is 11.3 Å². The molecule has 3 rings (SSSR count). The number of hydrogen-bond acceptors (Lipinski definition) is 4. The van der Waals surface area contributed by atoms with E-state index in [1.807, 2.05) is 55.5 Å². The SMILES string of the molecule is C=CCOc1ccc(-c2nc(C(=O)Nc3ccc(C)cc3)cs2)cc1. The Hall–Kier alpha value is -2.92. The van der Waals surface area contributed by atoms with Crippen molar-refractivity contribution in [2.45, 2.75) is 6.92 Å². The fourth-order valence-electron chi connectivity index (χ4n) is 2.19. The average Bonchev–Trinajstić information content (AvgIpc) is 3.12. The summed E-state index contributed by atoms with van der Waals surface area (Å²) in [6, 6.07) is 15.3. The lowest BCUT2D eigenvalue weighted by Gasteiger charge is -2.04. The molecule has 25 heavy (non-hydrogen) atoms. The molecule has 0 aliphatic rings. The van der Waals surface area contributed by atoms with Gasteiger partial charge in [0, 0.05) is 16.6 Å². The summed E-state index contributed by atoms with van der Waals surface area (Å²) in [4.78, 5) is 16.8. The highest BCUT2D eigenvalue weighted by atomic mass is 32.1. The monoisotopic (exact) mass is 350 g/mol. The number of anilines is 1. The van der Waals surface area contributed by atoms with Crippen LogP contribution in [0.2, 0.25) is 0 Å². The van der Waals surface area contributed by atoms with E-state index in [1.165, 1.54) is 11.3 Å². The Kier molecular flexibility index (Phi) is 5.26. The molecule has 0 bridgehead atoms. The number of aryl methyl sites for hydroxylation is 1. The molecule has 0 saturated heterocycles. The molecule has 1 heterocycles. The first kappa shape index (κ1) is 16.9. The van der Waals surface area contributed by atoms with Crippen LogP contribution in [0.1, 0.15) is 16.1 Å². The molecule has 0 aliphatic heterocycles. The Morgan fingerprint density at radius 3 is 2.60 bits per heavy atom. The van der Waals surface area contributed by atoms with E-state index in [1.54, 1.807) is 11.5 Å². The van der Waals surface area contributed by atoms with Gasteiger partial charge in [-0.1, -0.05) is 30.4 Å².